The van der Waals surface area contributed by atoms with Crippen LogP contribution >= 0.6 is 0 Å². The van der Waals surface area contributed by atoms with Crippen molar-refractivity contribution < 1.29 is 24.6 Å². The molecule has 0 aromatic rings. The van der Waals surface area contributed by atoms with Crippen LogP contribution in [0.15, 0.2) is 0 Å². The maximum absolute atomic E-state index is 10.7. The molecule has 1 unspecified atom stereocenters. The van der Waals surface area contributed by atoms with Gasteiger partial charge in [-0.25, -0.2) is 14.4 Å². The van der Waals surface area contributed by atoms with Gasteiger partial charge >= 0.3 is 18.0 Å². The molecule has 0 bridgehead atoms. The van der Waals surface area contributed by atoms with Crippen molar-refractivity contribution in [3.63, 3.8) is 0 Å². The van der Waals surface area contributed by atoms with Gasteiger partial charge in [0.2, 0.25) is 0 Å². The van der Waals surface area contributed by atoms with E-state index in [1.165, 1.54) is 0 Å². The predicted molar refractivity (Wildman–Crippen MR) is 40.8 cm³/mol. The first-order valence-electron chi connectivity index (χ1n) is 3.46. The molecule has 7 N–H and O–H groups in total. The molecule has 0 radical (unpaired) electrons. The topological polar surface area (TPSA) is 154 Å². The number of carboxylic acid groups (broad SMARTS) is 1. The van der Waals surface area contributed by atoms with Crippen LogP contribution in [0.2, 0.25) is 0 Å². The number of amides is 4. The zero-order chi connectivity index (χ0) is 10.9. The van der Waals surface area contributed by atoms with Gasteiger partial charge < -0.3 is 26.6 Å². The molecule has 1 rings (SSSR count). The van der Waals surface area contributed by atoms with E-state index in [-0.39, 0.29) is 0 Å². The Kier molecular flexibility index (Phi) is 2.18. The average Bonchev–Trinajstić information content (AvgIpc) is 2.26. The van der Waals surface area contributed by atoms with E-state index in [9.17, 15) is 19.5 Å². The fourth-order valence-electron chi connectivity index (χ4n) is 0.977. The summed E-state index contributed by atoms with van der Waals surface area (Å²) < 4.78 is 0. The second-order valence-electron chi connectivity index (χ2n) is 2.61. The molecule has 1 saturated heterocycles. The molecule has 78 valence electrons. The van der Waals surface area contributed by atoms with Gasteiger partial charge in [0, 0.05) is 0 Å². The molecule has 4 amide bonds. The van der Waals surface area contributed by atoms with Crippen molar-refractivity contribution in [1.82, 2.24) is 16.0 Å². The molecule has 0 aromatic carbocycles. The molecule has 0 aromatic heterocycles. The van der Waals surface area contributed by atoms with Gasteiger partial charge in [0.25, 0.3) is 5.72 Å². The van der Waals surface area contributed by atoms with Crippen LogP contribution in [0.25, 0.3) is 0 Å². The van der Waals surface area contributed by atoms with Crippen molar-refractivity contribution in [3.05, 3.63) is 0 Å². The van der Waals surface area contributed by atoms with Gasteiger partial charge in [-0.3, -0.25) is 5.32 Å². The number of carboxylic acids is 1. The normalized spacial score (nSPS) is 30.4. The highest BCUT2D eigenvalue weighted by Gasteiger charge is 2.52. The summed E-state index contributed by atoms with van der Waals surface area (Å²) in [6.45, 7) is 0. The Hall–Kier alpha value is -2.03. The molecule has 1 heterocycles. The van der Waals surface area contributed by atoms with E-state index < -0.39 is 29.9 Å². The van der Waals surface area contributed by atoms with E-state index in [4.69, 9.17) is 10.8 Å². The molecule has 0 aliphatic carbocycles. The third kappa shape index (κ3) is 1.52. The van der Waals surface area contributed by atoms with Gasteiger partial charge in [0.05, 0.1) is 0 Å². The van der Waals surface area contributed by atoms with Gasteiger partial charge in [0.1, 0.15) is 0 Å². The van der Waals surface area contributed by atoms with Crippen molar-refractivity contribution in [2.24, 2.45) is 5.73 Å². The zero-order valence-corrected chi connectivity index (χ0v) is 6.77. The molecular formula is C5H8N4O5. The van der Waals surface area contributed by atoms with Gasteiger partial charge in [-0.15, -0.1) is 0 Å². The minimum absolute atomic E-state index is 0.923. The SMILES string of the molecule is NC(=O)NC1NC(=O)N[C@@]1(O)C(=O)O. The first-order chi connectivity index (χ1) is 6.36. The summed E-state index contributed by atoms with van der Waals surface area (Å²) in [7, 11) is 0. The number of hydrogen-bond donors (Lipinski definition) is 6. The minimum atomic E-state index is -2.59. The number of carbonyl (C=O) groups excluding carboxylic acids is 2. The van der Waals surface area contributed by atoms with E-state index in [0.29, 0.717) is 0 Å². The minimum Gasteiger partial charge on any atom is -0.478 e. The van der Waals surface area contributed by atoms with Crippen LogP contribution in [0.1, 0.15) is 0 Å². The molecular weight excluding hydrogens is 196 g/mol. The number of hydrogen-bond acceptors (Lipinski definition) is 4. The summed E-state index contributed by atoms with van der Waals surface area (Å²) in [6.07, 6.45) is -1.51. The number of rotatable bonds is 2. The lowest BCUT2D eigenvalue weighted by Crippen LogP contribution is -2.63. The number of aliphatic hydroxyl groups is 1. The second kappa shape index (κ2) is 3.03. The van der Waals surface area contributed by atoms with Crippen molar-refractivity contribution in [3.8, 4) is 0 Å². The fourth-order valence-corrected chi connectivity index (χ4v) is 0.977. The highest BCUT2D eigenvalue weighted by Crippen LogP contribution is 2.10. The van der Waals surface area contributed by atoms with Crippen molar-refractivity contribution in [2.75, 3.05) is 0 Å². The van der Waals surface area contributed by atoms with E-state index >= 15 is 0 Å². The summed E-state index contributed by atoms with van der Waals surface area (Å²) in [6, 6.07) is -1.99. The Labute approximate surface area is 77.3 Å². The van der Waals surface area contributed by atoms with Crippen LogP contribution in [0.5, 0.6) is 0 Å². The summed E-state index contributed by atoms with van der Waals surface area (Å²) in [4.78, 5) is 31.7. The molecule has 1 aliphatic heterocycles. The largest absolute Gasteiger partial charge is 0.478 e. The number of primary amides is 1. The molecule has 9 nitrogen and oxygen atoms in total. The Bertz CT molecular complexity index is 304. The number of nitrogens with one attached hydrogen (secondary N) is 3. The van der Waals surface area contributed by atoms with Gasteiger partial charge in [-0.2, -0.15) is 0 Å². The molecule has 1 aliphatic rings. The molecule has 2 atom stereocenters. The average molecular weight is 204 g/mol. The fraction of sp³-hybridized carbons (Fsp3) is 0.400. The van der Waals surface area contributed by atoms with Crippen LogP contribution in [-0.2, 0) is 4.79 Å². The molecule has 14 heavy (non-hydrogen) atoms. The van der Waals surface area contributed by atoms with Gasteiger partial charge in [-0.1, -0.05) is 0 Å². The number of urea groups is 2. The van der Waals surface area contributed by atoms with Crippen LogP contribution in [-0.4, -0.2) is 40.1 Å². The van der Waals surface area contributed by atoms with Gasteiger partial charge in [0.15, 0.2) is 6.17 Å². The van der Waals surface area contributed by atoms with Crippen LogP contribution in [0.3, 0.4) is 0 Å². The highest BCUT2D eigenvalue weighted by molar-refractivity contribution is 5.90. The maximum atomic E-state index is 10.7. The lowest BCUT2D eigenvalue weighted by atomic mass is 10.2. The first-order valence-corrected chi connectivity index (χ1v) is 3.46. The molecule has 9 heteroatoms. The summed E-state index contributed by atoms with van der Waals surface area (Å²) in [5, 5.41) is 23.5. The Morgan fingerprint density at radius 1 is 1.57 bits per heavy atom. The van der Waals surface area contributed by atoms with Crippen molar-refractivity contribution in [1.29, 1.82) is 0 Å². The smallest absolute Gasteiger partial charge is 0.361 e. The summed E-state index contributed by atoms with van der Waals surface area (Å²) in [5.74, 6) is -1.71. The Morgan fingerprint density at radius 2 is 2.14 bits per heavy atom. The monoisotopic (exact) mass is 204 g/mol. The lowest BCUT2D eigenvalue weighted by molar-refractivity contribution is -0.162. The van der Waals surface area contributed by atoms with Crippen molar-refractivity contribution >= 4 is 18.0 Å². The Balaban J connectivity index is 2.87. The number of carbonyl (C=O) groups is 3. The second-order valence-corrected chi connectivity index (χ2v) is 2.61. The number of aliphatic carboxylic acids is 1. The third-order valence-corrected chi connectivity index (χ3v) is 1.61. The van der Waals surface area contributed by atoms with Crippen LogP contribution < -0.4 is 21.7 Å². The van der Waals surface area contributed by atoms with Gasteiger partial charge in [-0.05, 0) is 0 Å². The molecule has 0 saturated carbocycles. The van der Waals surface area contributed by atoms with E-state index in [1.807, 2.05) is 10.6 Å². The predicted octanol–water partition coefficient (Wildman–Crippen LogP) is -2.93. The quantitative estimate of drug-likeness (QED) is 0.284. The molecule has 1 fully saturated rings. The third-order valence-electron chi connectivity index (χ3n) is 1.61. The van der Waals surface area contributed by atoms with E-state index in [0.717, 1.165) is 0 Å². The first kappa shape index (κ1) is 10.1. The van der Waals surface area contributed by atoms with E-state index in [1.54, 1.807) is 5.32 Å². The zero-order valence-electron chi connectivity index (χ0n) is 6.77. The summed E-state index contributed by atoms with van der Waals surface area (Å²) >= 11 is 0. The maximum Gasteiger partial charge on any atom is 0.361 e. The van der Waals surface area contributed by atoms with E-state index in [2.05, 4.69) is 0 Å². The highest BCUT2D eigenvalue weighted by atomic mass is 16.4. The van der Waals surface area contributed by atoms with Crippen LogP contribution in [0.4, 0.5) is 9.59 Å². The lowest BCUT2D eigenvalue weighted by Gasteiger charge is -2.23. The van der Waals surface area contributed by atoms with Crippen LogP contribution in [0, 0.1) is 0 Å². The standard InChI is InChI=1S/C5H8N4O5/c6-3(12)7-1-5(14,2(10)11)9-4(13)8-1/h1,14H,(H,10,11)(H3,6,7,12)(H2,8,9,13)/t1?,5-/m0/s1. The molecule has 0 spiro atoms. The van der Waals surface area contributed by atoms with Crippen molar-refractivity contribution in [2.45, 2.75) is 11.9 Å². The Morgan fingerprint density at radius 3 is 2.57 bits per heavy atom. The summed E-state index contributed by atoms with van der Waals surface area (Å²) in [5.41, 5.74) is 2.11. The number of nitrogens with two attached hydrogens (primary N) is 1.